The van der Waals surface area contributed by atoms with Crippen molar-refractivity contribution in [3.8, 4) is 0 Å². The first-order valence-electron chi connectivity index (χ1n) is 6.75. The molecular formula is C14H21ClN4O2. The quantitative estimate of drug-likeness (QED) is 0.614. The normalized spacial score (nSPS) is 11.1. The highest BCUT2D eigenvalue weighted by molar-refractivity contribution is 6.31. The van der Waals surface area contributed by atoms with Crippen molar-refractivity contribution in [1.29, 1.82) is 0 Å². The average Bonchev–Trinajstić information content (AvgIpc) is 2.66. The lowest BCUT2D eigenvalue weighted by atomic mass is 10.2. The van der Waals surface area contributed by atoms with Crippen molar-refractivity contribution in [3.05, 3.63) is 22.5 Å². The van der Waals surface area contributed by atoms with Crippen LogP contribution in [0.1, 0.15) is 25.1 Å². The number of rotatable bonds is 6. The molecule has 0 spiro atoms. The number of nitrogens with one attached hydrogen (secondary N) is 2. The minimum atomic E-state index is -0.242. The second kappa shape index (κ2) is 7.83. The lowest BCUT2D eigenvalue weighted by Gasteiger charge is -2.07. The summed E-state index contributed by atoms with van der Waals surface area (Å²) in [6.07, 6.45) is 3.03. The van der Waals surface area contributed by atoms with Crippen molar-refractivity contribution >= 4 is 29.5 Å². The molecule has 21 heavy (non-hydrogen) atoms. The highest BCUT2D eigenvalue weighted by Gasteiger charge is 2.08. The molecule has 1 heterocycles. The van der Waals surface area contributed by atoms with Crippen LogP contribution in [0.4, 0.5) is 0 Å². The number of aromatic nitrogens is 2. The van der Waals surface area contributed by atoms with Crippen molar-refractivity contribution in [2.24, 2.45) is 13.0 Å². The lowest BCUT2D eigenvalue weighted by Crippen LogP contribution is -2.35. The van der Waals surface area contributed by atoms with E-state index in [1.54, 1.807) is 17.8 Å². The SMILES string of the molecule is Cc1nn(C)c(Cl)c1/C=C/C(=O)NCCNC(=O)C(C)C. The first kappa shape index (κ1) is 17.2. The molecule has 0 saturated carbocycles. The van der Waals surface area contributed by atoms with Gasteiger partial charge in [0.2, 0.25) is 11.8 Å². The Labute approximate surface area is 129 Å². The fourth-order valence-corrected chi connectivity index (χ4v) is 1.87. The van der Waals surface area contributed by atoms with Crippen LogP contribution in [0.25, 0.3) is 6.08 Å². The highest BCUT2D eigenvalue weighted by atomic mass is 35.5. The molecule has 0 fully saturated rings. The van der Waals surface area contributed by atoms with Gasteiger partial charge in [0.25, 0.3) is 0 Å². The van der Waals surface area contributed by atoms with Crippen molar-refractivity contribution in [1.82, 2.24) is 20.4 Å². The number of carbonyl (C=O) groups excluding carboxylic acids is 2. The number of amides is 2. The van der Waals surface area contributed by atoms with E-state index in [4.69, 9.17) is 11.6 Å². The van der Waals surface area contributed by atoms with Gasteiger partial charge in [0.15, 0.2) is 0 Å². The molecule has 0 aliphatic carbocycles. The molecule has 1 aromatic rings. The fourth-order valence-electron chi connectivity index (χ4n) is 1.63. The topological polar surface area (TPSA) is 76.0 Å². The van der Waals surface area contributed by atoms with E-state index >= 15 is 0 Å². The van der Waals surface area contributed by atoms with Gasteiger partial charge in [-0.1, -0.05) is 25.4 Å². The lowest BCUT2D eigenvalue weighted by molar-refractivity contribution is -0.124. The molecule has 0 atom stereocenters. The molecular weight excluding hydrogens is 292 g/mol. The van der Waals surface area contributed by atoms with Gasteiger partial charge >= 0.3 is 0 Å². The molecule has 0 saturated heterocycles. The van der Waals surface area contributed by atoms with E-state index in [1.807, 2.05) is 20.8 Å². The molecule has 2 N–H and O–H groups in total. The van der Waals surface area contributed by atoms with Crippen LogP contribution < -0.4 is 10.6 Å². The molecule has 0 radical (unpaired) electrons. The summed E-state index contributed by atoms with van der Waals surface area (Å²) >= 11 is 6.06. The third kappa shape index (κ3) is 5.23. The van der Waals surface area contributed by atoms with E-state index in [9.17, 15) is 9.59 Å². The Hall–Kier alpha value is -1.82. The summed E-state index contributed by atoms with van der Waals surface area (Å²) in [5.74, 6) is -0.332. The number of aryl methyl sites for hydroxylation is 2. The summed E-state index contributed by atoms with van der Waals surface area (Å²) in [5.41, 5.74) is 1.48. The van der Waals surface area contributed by atoms with Gasteiger partial charge in [-0.3, -0.25) is 14.3 Å². The summed E-state index contributed by atoms with van der Waals surface area (Å²) in [7, 11) is 1.74. The second-order valence-corrected chi connectivity index (χ2v) is 5.34. The Balaban J connectivity index is 2.40. The number of hydrogen-bond donors (Lipinski definition) is 2. The van der Waals surface area contributed by atoms with Gasteiger partial charge in [0, 0.05) is 37.7 Å². The number of halogens is 1. The molecule has 116 valence electrons. The van der Waals surface area contributed by atoms with Crippen LogP contribution in [0.3, 0.4) is 0 Å². The van der Waals surface area contributed by atoms with E-state index in [1.165, 1.54) is 6.08 Å². The molecule has 1 rings (SSSR count). The van der Waals surface area contributed by atoms with E-state index < -0.39 is 0 Å². The smallest absolute Gasteiger partial charge is 0.244 e. The van der Waals surface area contributed by atoms with Crippen LogP contribution in [-0.4, -0.2) is 34.7 Å². The summed E-state index contributed by atoms with van der Waals surface area (Å²) in [4.78, 5) is 23.0. The van der Waals surface area contributed by atoms with Gasteiger partial charge in [-0.15, -0.1) is 0 Å². The summed E-state index contributed by atoms with van der Waals surface area (Å²) in [6, 6.07) is 0. The maximum atomic E-state index is 11.6. The molecule has 6 nitrogen and oxygen atoms in total. The van der Waals surface area contributed by atoms with Gasteiger partial charge in [0.1, 0.15) is 5.15 Å². The predicted octanol–water partition coefficient (Wildman–Crippen LogP) is 1.28. The minimum Gasteiger partial charge on any atom is -0.354 e. The summed E-state index contributed by atoms with van der Waals surface area (Å²) in [6.45, 7) is 6.24. The molecule has 0 bridgehead atoms. The molecule has 0 unspecified atom stereocenters. The van der Waals surface area contributed by atoms with Crippen LogP contribution in [0, 0.1) is 12.8 Å². The van der Waals surface area contributed by atoms with E-state index in [2.05, 4.69) is 15.7 Å². The van der Waals surface area contributed by atoms with E-state index in [-0.39, 0.29) is 17.7 Å². The summed E-state index contributed by atoms with van der Waals surface area (Å²) in [5, 5.41) is 10.0. The monoisotopic (exact) mass is 312 g/mol. The first-order chi connectivity index (χ1) is 9.82. The molecule has 0 aromatic carbocycles. The zero-order valence-electron chi connectivity index (χ0n) is 12.7. The molecule has 2 amide bonds. The predicted molar refractivity (Wildman–Crippen MR) is 82.8 cm³/mol. The van der Waals surface area contributed by atoms with Gasteiger partial charge in [-0.2, -0.15) is 5.10 Å². The van der Waals surface area contributed by atoms with Gasteiger partial charge in [0.05, 0.1) is 5.69 Å². The molecule has 0 aliphatic heterocycles. The maximum absolute atomic E-state index is 11.6. The molecule has 0 aliphatic rings. The van der Waals surface area contributed by atoms with Crippen molar-refractivity contribution < 1.29 is 9.59 Å². The minimum absolute atomic E-state index is 0.0300. The summed E-state index contributed by atoms with van der Waals surface area (Å²) < 4.78 is 1.55. The first-order valence-corrected chi connectivity index (χ1v) is 7.13. The van der Waals surface area contributed by atoms with Crippen LogP contribution in [0.2, 0.25) is 5.15 Å². The average molecular weight is 313 g/mol. The third-order valence-corrected chi connectivity index (χ3v) is 3.29. The van der Waals surface area contributed by atoms with E-state index in [0.29, 0.717) is 18.2 Å². The van der Waals surface area contributed by atoms with Gasteiger partial charge in [-0.25, -0.2) is 0 Å². The standard InChI is InChI=1S/C14H21ClN4O2/c1-9(2)14(21)17-8-7-16-12(20)6-5-11-10(3)18-19(4)13(11)15/h5-6,9H,7-8H2,1-4H3,(H,16,20)(H,17,21)/b6-5+. The van der Waals surface area contributed by atoms with Crippen molar-refractivity contribution in [2.75, 3.05) is 13.1 Å². The Kier molecular flexibility index (Phi) is 6.42. The number of hydrogen-bond acceptors (Lipinski definition) is 3. The zero-order valence-corrected chi connectivity index (χ0v) is 13.5. The molecule has 7 heteroatoms. The maximum Gasteiger partial charge on any atom is 0.244 e. The second-order valence-electron chi connectivity index (χ2n) is 4.98. The number of nitrogens with zero attached hydrogens (tertiary/aromatic N) is 2. The van der Waals surface area contributed by atoms with Crippen LogP contribution in [0.15, 0.2) is 6.08 Å². The van der Waals surface area contributed by atoms with Crippen molar-refractivity contribution in [2.45, 2.75) is 20.8 Å². The fraction of sp³-hybridized carbons (Fsp3) is 0.500. The van der Waals surface area contributed by atoms with Gasteiger partial charge in [-0.05, 0) is 13.0 Å². The van der Waals surface area contributed by atoms with Gasteiger partial charge < -0.3 is 10.6 Å². The third-order valence-electron chi connectivity index (χ3n) is 2.85. The largest absolute Gasteiger partial charge is 0.354 e. The van der Waals surface area contributed by atoms with Crippen LogP contribution in [0.5, 0.6) is 0 Å². The highest BCUT2D eigenvalue weighted by Crippen LogP contribution is 2.19. The zero-order chi connectivity index (χ0) is 16.0. The Bertz CT molecular complexity index is 549. The van der Waals surface area contributed by atoms with Crippen LogP contribution >= 0.6 is 11.6 Å². The molecule has 1 aromatic heterocycles. The Morgan fingerprint density at radius 1 is 1.33 bits per heavy atom. The van der Waals surface area contributed by atoms with Crippen molar-refractivity contribution in [3.63, 3.8) is 0 Å². The Morgan fingerprint density at radius 2 is 1.95 bits per heavy atom. The van der Waals surface area contributed by atoms with Crippen LogP contribution in [-0.2, 0) is 16.6 Å². The number of carbonyl (C=O) groups is 2. The van der Waals surface area contributed by atoms with E-state index in [0.717, 1.165) is 11.3 Å². The Morgan fingerprint density at radius 3 is 2.48 bits per heavy atom.